The summed E-state index contributed by atoms with van der Waals surface area (Å²) in [7, 11) is 0. The number of rotatable bonds is 5. The number of aromatic nitrogens is 2. The minimum absolute atomic E-state index is 0.0110. The zero-order chi connectivity index (χ0) is 16.1. The maximum atomic E-state index is 11.2. The summed E-state index contributed by atoms with van der Waals surface area (Å²) in [5.41, 5.74) is 2.06. The number of hydrogen-bond acceptors (Lipinski definition) is 5. The molecule has 0 spiro atoms. The van der Waals surface area contributed by atoms with Gasteiger partial charge in [-0.15, -0.1) is 0 Å². The second-order valence-corrected chi connectivity index (χ2v) is 4.90. The summed E-state index contributed by atoms with van der Waals surface area (Å²) in [4.78, 5) is 19.3. The Balaban J connectivity index is 1.90. The van der Waals surface area contributed by atoms with Gasteiger partial charge in [-0.2, -0.15) is 0 Å². The van der Waals surface area contributed by atoms with Crippen molar-refractivity contribution in [3.63, 3.8) is 0 Å². The number of hydrogen-bond donors (Lipinski definition) is 1. The van der Waals surface area contributed by atoms with Crippen LogP contribution in [0.15, 0.2) is 67.0 Å². The molecule has 23 heavy (non-hydrogen) atoms. The number of pyridine rings is 2. The van der Waals surface area contributed by atoms with E-state index < -0.39 is 4.92 Å². The molecule has 0 unspecified atom stereocenters. The lowest BCUT2D eigenvalue weighted by atomic mass is 10.1. The van der Waals surface area contributed by atoms with Crippen molar-refractivity contribution in [3.8, 4) is 11.3 Å². The lowest BCUT2D eigenvalue weighted by Crippen LogP contribution is -2.03. The van der Waals surface area contributed by atoms with E-state index in [4.69, 9.17) is 0 Å². The summed E-state index contributed by atoms with van der Waals surface area (Å²) < 4.78 is 0. The van der Waals surface area contributed by atoms with Crippen molar-refractivity contribution in [2.75, 3.05) is 5.32 Å². The van der Waals surface area contributed by atoms with Crippen LogP contribution in [-0.2, 0) is 6.54 Å². The second kappa shape index (κ2) is 6.65. The Morgan fingerprint density at radius 1 is 1.04 bits per heavy atom. The van der Waals surface area contributed by atoms with Gasteiger partial charge < -0.3 is 5.32 Å². The molecule has 0 bridgehead atoms. The summed E-state index contributed by atoms with van der Waals surface area (Å²) in [6.45, 7) is 0.548. The van der Waals surface area contributed by atoms with Gasteiger partial charge in [-0.05, 0) is 17.7 Å². The van der Waals surface area contributed by atoms with Crippen LogP contribution in [0.5, 0.6) is 0 Å². The molecule has 1 N–H and O–H groups in total. The van der Waals surface area contributed by atoms with Gasteiger partial charge in [0.05, 0.1) is 4.92 Å². The number of nitrogens with zero attached hydrogens (tertiary/aromatic N) is 3. The first-order valence-electron chi connectivity index (χ1n) is 7.07. The smallest absolute Gasteiger partial charge is 0.295 e. The van der Waals surface area contributed by atoms with Gasteiger partial charge in [0, 0.05) is 30.6 Å². The minimum atomic E-state index is -0.416. The van der Waals surface area contributed by atoms with Gasteiger partial charge in [-0.3, -0.25) is 15.1 Å². The molecule has 6 nitrogen and oxygen atoms in total. The highest BCUT2D eigenvalue weighted by molar-refractivity contribution is 5.71. The molecule has 6 heteroatoms. The Morgan fingerprint density at radius 2 is 1.87 bits per heavy atom. The van der Waals surface area contributed by atoms with Crippen LogP contribution in [0.3, 0.4) is 0 Å². The van der Waals surface area contributed by atoms with E-state index in [2.05, 4.69) is 15.3 Å². The van der Waals surface area contributed by atoms with Gasteiger partial charge in [0.15, 0.2) is 5.69 Å². The average molecular weight is 306 g/mol. The van der Waals surface area contributed by atoms with Gasteiger partial charge in [0.25, 0.3) is 5.69 Å². The van der Waals surface area contributed by atoms with Crippen molar-refractivity contribution in [3.05, 3.63) is 82.7 Å². The third-order valence-corrected chi connectivity index (χ3v) is 3.31. The topological polar surface area (TPSA) is 81.0 Å². The molecular formula is C17H14N4O2. The Bertz CT molecular complexity index is 807. The molecular weight excluding hydrogens is 292 g/mol. The van der Waals surface area contributed by atoms with E-state index >= 15 is 0 Å². The third-order valence-electron chi connectivity index (χ3n) is 3.31. The fraction of sp³-hybridized carbons (Fsp3) is 0.0588. The molecule has 3 aromatic rings. The van der Waals surface area contributed by atoms with Crippen molar-refractivity contribution in [1.82, 2.24) is 9.97 Å². The van der Waals surface area contributed by atoms with E-state index in [0.29, 0.717) is 23.6 Å². The highest BCUT2D eigenvalue weighted by Gasteiger charge is 2.17. The van der Waals surface area contributed by atoms with Crippen LogP contribution < -0.4 is 5.32 Å². The molecule has 0 aliphatic rings. The minimum Gasteiger partial charge on any atom is -0.366 e. The second-order valence-electron chi connectivity index (χ2n) is 4.90. The van der Waals surface area contributed by atoms with Crippen LogP contribution in [0.1, 0.15) is 5.56 Å². The molecule has 0 radical (unpaired) electrons. The molecule has 2 heterocycles. The highest BCUT2D eigenvalue weighted by Crippen LogP contribution is 2.29. The normalized spacial score (nSPS) is 10.3. The molecule has 0 amide bonds. The summed E-state index contributed by atoms with van der Waals surface area (Å²) >= 11 is 0. The molecule has 1 aromatic carbocycles. The molecule has 0 aliphatic carbocycles. The Hall–Kier alpha value is -3.28. The quantitative estimate of drug-likeness (QED) is 0.574. The first-order chi connectivity index (χ1) is 11.2. The molecule has 114 valence electrons. The molecule has 3 rings (SSSR count). The first kappa shape index (κ1) is 14.6. The maximum absolute atomic E-state index is 11.2. The monoisotopic (exact) mass is 306 g/mol. The predicted octanol–water partition coefficient (Wildman–Crippen LogP) is 3.66. The van der Waals surface area contributed by atoms with Gasteiger partial charge >= 0.3 is 0 Å². The number of anilines is 1. The van der Waals surface area contributed by atoms with E-state index in [0.717, 1.165) is 5.56 Å². The fourth-order valence-electron chi connectivity index (χ4n) is 2.20. The number of benzene rings is 1. The number of nitrogens with one attached hydrogen (secondary N) is 1. The van der Waals surface area contributed by atoms with Crippen molar-refractivity contribution < 1.29 is 4.92 Å². The summed E-state index contributed by atoms with van der Waals surface area (Å²) in [6.07, 6.45) is 3.47. The number of nitro groups is 1. The van der Waals surface area contributed by atoms with Crippen LogP contribution in [0.2, 0.25) is 0 Å². The Labute approximate surface area is 133 Å². The van der Waals surface area contributed by atoms with Gasteiger partial charge in [-0.25, -0.2) is 4.98 Å². The molecule has 0 aliphatic heterocycles. The van der Waals surface area contributed by atoms with Crippen LogP contribution in [0, 0.1) is 10.1 Å². The maximum Gasteiger partial charge on any atom is 0.295 e. The third kappa shape index (κ3) is 3.49. The van der Waals surface area contributed by atoms with Gasteiger partial charge in [0.2, 0.25) is 0 Å². The van der Waals surface area contributed by atoms with Crippen molar-refractivity contribution >= 4 is 11.5 Å². The van der Waals surface area contributed by atoms with Crippen LogP contribution in [-0.4, -0.2) is 14.9 Å². The van der Waals surface area contributed by atoms with E-state index in [1.807, 2.05) is 30.3 Å². The zero-order valence-electron chi connectivity index (χ0n) is 12.2. The molecule has 0 fully saturated rings. The molecule has 2 aromatic heterocycles. The van der Waals surface area contributed by atoms with Gasteiger partial charge in [-0.1, -0.05) is 36.4 Å². The summed E-state index contributed by atoms with van der Waals surface area (Å²) in [5.74, 6) is 0.582. The van der Waals surface area contributed by atoms with Crippen molar-refractivity contribution in [2.24, 2.45) is 0 Å². The van der Waals surface area contributed by atoms with Crippen LogP contribution in [0.25, 0.3) is 11.3 Å². The predicted molar refractivity (Wildman–Crippen MR) is 87.9 cm³/mol. The van der Waals surface area contributed by atoms with Crippen LogP contribution >= 0.6 is 0 Å². The zero-order valence-corrected chi connectivity index (χ0v) is 12.2. The highest BCUT2D eigenvalue weighted by atomic mass is 16.6. The van der Waals surface area contributed by atoms with E-state index in [9.17, 15) is 10.1 Å². The summed E-state index contributed by atoms with van der Waals surface area (Å²) in [6, 6.07) is 16.0. The van der Waals surface area contributed by atoms with E-state index in [1.54, 1.807) is 30.6 Å². The lowest BCUT2D eigenvalue weighted by Gasteiger charge is -2.08. The molecule has 0 atom stereocenters. The standard InChI is InChI=1S/C17H14N4O2/c22-21(23)15-8-9-16(19-12-13-5-4-10-18-11-13)20-17(15)14-6-2-1-3-7-14/h1-11H,12H2,(H,19,20). The van der Waals surface area contributed by atoms with E-state index in [1.165, 1.54) is 6.07 Å². The lowest BCUT2D eigenvalue weighted by molar-refractivity contribution is -0.384. The molecule has 0 saturated carbocycles. The van der Waals surface area contributed by atoms with Gasteiger partial charge in [0.1, 0.15) is 5.82 Å². The Kier molecular flexibility index (Phi) is 4.24. The van der Waals surface area contributed by atoms with Crippen molar-refractivity contribution in [2.45, 2.75) is 6.54 Å². The largest absolute Gasteiger partial charge is 0.366 e. The SMILES string of the molecule is O=[N+]([O-])c1ccc(NCc2cccnc2)nc1-c1ccccc1. The Morgan fingerprint density at radius 3 is 2.57 bits per heavy atom. The molecule has 0 saturated heterocycles. The first-order valence-corrected chi connectivity index (χ1v) is 7.07. The summed E-state index contributed by atoms with van der Waals surface area (Å²) in [5, 5.41) is 14.4. The average Bonchev–Trinajstić information content (AvgIpc) is 2.61. The van der Waals surface area contributed by atoms with Crippen LogP contribution in [0.4, 0.5) is 11.5 Å². The van der Waals surface area contributed by atoms with E-state index in [-0.39, 0.29) is 5.69 Å². The van der Waals surface area contributed by atoms with Crippen molar-refractivity contribution in [1.29, 1.82) is 0 Å². The fourth-order valence-corrected chi connectivity index (χ4v) is 2.20.